The Hall–Kier alpha value is -2.13. The van der Waals surface area contributed by atoms with E-state index in [1.54, 1.807) is 0 Å². The van der Waals surface area contributed by atoms with Gasteiger partial charge < -0.3 is 9.80 Å². The molecule has 2 aliphatic heterocycles. The summed E-state index contributed by atoms with van der Waals surface area (Å²) >= 11 is 0. The Balaban J connectivity index is 1.52. The van der Waals surface area contributed by atoms with Gasteiger partial charge in [0.05, 0.1) is 6.54 Å². The smallest absolute Gasteiger partial charge is 0.284 e. The Labute approximate surface area is 137 Å². The first kappa shape index (κ1) is 14.5. The highest BCUT2D eigenvalue weighted by Gasteiger charge is 2.34. The molecule has 0 spiro atoms. The average molecular weight is 307 g/mol. The summed E-state index contributed by atoms with van der Waals surface area (Å²) in [6.45, 7) is 4.91. The number of carbonyl (C=O) groups excluding carboxylic acids is 1. The van der Waals surface area contributed by atoms with Gasteiger partial charge in [0.25, 0.3) is 5.91 Å². The summed E-state index contributed by atoms with van der Waals surface area (Å²) in [4.78, 5) is 16.4. The van der Waals surface area contributed by atoms with Gasteiger partial charge in [-0.3, -0.25) is 4.79 Å². The number of nitrogens with zero attached hydrogens (tertiary/aromatic N) is 1. The number of carbonyl (C=O) groups is 1. The highest BCUT2D eigenvalue weighted by atomic mass is 16.2. The SMILES string of the molecule is C[C@@H](C(=O)N1CCc2ccccc21)[NH+]1CCc2ccccc2C1. The van der Waals surface area contributed by atoms with E-state index in [0.29, 0.717) is 0 Å². The van der Waals surface area contributed by atoms with Crippen molar-refractivity contribution in [3.05, 3.63) is 65.2 Å². The van der Waals surface area contributed by atoms with E-state index in [0.717, 1.165) is 38.2 Å². The maximum Gasteiger partial charge on any atom is 0.284 e. The number of benzene rings is 2. The van der Waals surface area contributed by atoms with E-state index in [-0.39, 0.29) is 11.9 Å². The Morgan fingerprint density at radius 2 is 1.70 bits per heavy atom. The lowest BCUT2D eigenvalue weighted by atomic mass is 9.98. The van der Waals surface area contributed by atoms with Crippen LogP contribution < -0.4 is 9.80 Å². The van der Waals surface area contributed by atoms with Crippen LogP contribution in [0.15, 0.2) is 48.5 Å². The van der Waals surface area contributed by atoms with Crippen LogP contribution in [0, 0.1) is 0 Å². The zero-order valence-corrected chi connectivity index (χ0v) is 13.6. The number of fused-ring (bicyclic) bond motifs is 2. The van der Waals surface area contributed by atoms with Crippen LogP contribution in [0.1, 0.15) is 23.6 Å². The molecule has 4 rings (SSSR count). The molecule has 0 fully saturated rings. The van der Waals surface area contributed by atoms with Crippen LogP contribution in [0.3, 0.4) is 0 Å². The minimum Gasteiger partial charge on any atom is -0.321 e. The lowest BCUT2D eigenvalue weighted by Crippen LogP contribution is -3.16. The van der Waals surface area contributed by atoms with Crippen molar-refractivity contribution in [2.75, 3.05) is 18.0 Å². The van der Waals surface area contributed by atoms with Crippen molar-refractivity contribution < 1.29 is 9.69 Å². The molecule has 2 aromatic rings. The highest BCUT2D eigenvalue weighted by Crippen LogP contribution is 2.27. The van der Waals surface area contributed by atoms with Crippen molar-refractivity contribution in [3.8, 4) is 0 Å². The average Bonchev–Trinajstić information content (AvgIpc) is 3.04. The fraction of sp³-hybridized carbons (Fsp3) is 0.350. The third-order valence-corrected chi connectivity index (χ3v) is 5.39. The zero-order valence-electron chi connectivity index (χ0n) is 13.6. The molecule has 3 nitrogen and oxygen atoms in total. The van der Waals surface area contributed by atoms with Crippen LogP contribution in [-0.4, -0.2) is 25.0 Å². The molecule has 1 amide bonds. The quantitative estimate of drug-likeness (QED) is 0.896. The van der Waals surface area contributed by atoms with Crippen molar-refractivity contribution in [2.24, 2.45) is 0 Å². The van der Waals surface area contributed by atoms with Gasteiger partial charge in [0.2, 0.25) is 0 Å². The first-order valence-corrected chi connectivity index (χ1v) is 8.54. The molecule has 3 heteroatoms. The zero-order chi connectivity index (χ0) is 15.8. The van der Waals surface area contributed by atoms with Crippen LogP contribution in [0.2, 0.25) is 0 Å². The van der Waals surface area contributed by atoms with Crippen LogP contribution in [0.4, 0.5) is 5.69 Å². The van der Waals surface area contributed by atoms with Gasteiger partial charge in [-0.05, 0) is 30.5 Å². The van der Waals surface area contributed by atoms with E-state index in [4.69, 9.17) is 0 Å². The van der Waals surface area contributed by atoms with Crippen molar-refractivity contribution >= 4 is 11.6 Å². The molecule has 0 saturated carbocycles. The number of nitrogens with one attached hydrogen (secondary N) is 1. The molecule has 2 aliphatic rings. The minimum atomic E-state index is 0.00881. The third-order valence-electron chi connectivity index (χ3n) is 5.39. The Morgan fingerprint density at radius 1 is 1.00 bits per heavy atom. The molecule has 2 atom stereocenters. The number of amides is 1. The Kier molecular flexibility index (Phi) is 3.66. The molecule has 0 aliphatic carbocycles. The molecule has 2 heterocycles. The van der Waals surface area contributed by atoms with E-state index in [1.807, 2.05) is 11.0 Å². The Bertz CT molecular complexity index is 740. The Morgan fingerprint density at radius 3 is 2.52 bits per heavy atom. The number of para-hydroxylation sites is 1. The van der Waals surface area contributed by atoms with Crippen molar-refractivity contribution in [1.82, 2.24) is 0 Å². The fourth-order valence-corrected chi connectivity index (χ4v) is 3.95. The molecule has 0 saturated heterocycles. The summed E-state index contributed by atoms with van der Waals surface area (Å²) in [6.07, 6.45) is 2.05. The standard InChI is InChI=1S/C20H22N2O/c1-15(21-12-10-16-6-2-3-8-18(16)14-21)20(23)22-13-11-17-7-4-5-9-19(17)22/h2-9,15H,10-14H2,1H3/p+1/t15-/m0/s1. The normalized spacial score (nSPS) is 20.7. The van der Waals surface area contributed by atoms with Crippen molar-refractivity contribution in [3.63, 3.8) is 0 Å². The van der Waals surface area contributed by atoms with Crippen LogP contribution in [-0.2, 0) is 24.2 Å². The maximum atomic E-state index is 13.0. The van der Waals surface area contributed by atoms with Gasteiger partial charge in [0.15, 0.2) is 6.04 Å². The van der Waals surface area contributed by atoms with E-state index in [2.05, 4.69) is 49.4 Å². The third kappa shape index (κ3) is 2.55. The predicted octanol–water partition coefficient (Wildman–Crippen LogP) is 1.61. The van der Waals surface area contributed by atoms with Crippen LogP contribution in [0.25, 0.3) is 0 Å². The summed E-state index contributed by atoms with van der Waals surface area (Å²) in [7, 11) is 0. The van der Waals surface area contributed by atoms with E-state index in [1.165, 1.54) is 21.6 Å². The topological polar surface area (TPSA) is 24.8 Å². The maximum absolute atomic E-state index is 13.0. The highest BCUT2D eigenvalue weighted by molar-refractivity contribution is 5.97. The van der Waals surface area contributed by atoms with Crippen molar-refractivity contribution in [2.45, 2.75) is 32.4 Å². The van der Waals surface area contributed by atoms with Gasteiger partial charge in [0.1, 0.15) is 6.54 Å². The summed E-state index contributed by atoms with van der Waals surface area (Å²) in [5.41, 5.74) is 5.26. The molecular weight excluding hydrogens is 284 g/mol. The van der Waals surface area contributed by atoms with E-state index < -0.39 is 0 Å². The van der Waals surface area contributed by atoms with E-state index >= 15 is 0 Å². The molecule has 1 N–H and O–H groups in total. The number of anilines is 1. The second-order valence-electron chi connectivity index (χ2n) is 6.69. The van der Waals surface area contributed by atoms with Crippen LogP contribution in [0.5, 0.6) is 0 Å². The monoisotopic (exact) mass is 307 g/mol. The fourth-order valence-electron chi connectivity index (χ4n) is 3.95. The second kappa shape index (κ2) is 5.82. The first-order chi connectivity index (χ1) is 11.2. The summed E-state index contributed by atoms with van der Waals surface area (Å²) in [5.74, 6) is 0.268. The lowest BCUT2D eigenvalue weighted by Gasteiger charge is -2.32. The van der Waals surface area contributed by atoms with Gasteiger partial charge in [-0.2, -0.15) is 0 Å². The van der Waals surface area contributed by atoms with Crippen LogP contribution >= 0.6 is 0 Å². The summed E-state index contributed by atoms with van der Waals surface area (Å²) in [6, 6.07) is 16.9. The van der Waals surface area contributed by atoms with Gasteiger partial charge in [-0.1, -0.05) is 42.5 Å². The number of hydrogen-bond acceptors (Lipinski definition) is 1. The second-order valence-corrected chi connectivity index (χ2v) is 6.69. The molecule has 1 unspecified atom stereocenters. The molecule has 118 valence electrons. The number of rotatable bonds is 2. The molecule has 0 radical (unpaired) electrons. The van der Waals surface area contributed by atoms with Gasteiger partial charge in [-0.15, -0.1) is 0 Å². The minimum absolute atomic E-state index is 0.00881. The number of quaternary nitrogens is 1. The largest absolute Gasteiger partial charge is 0.321 e. The molecular formula is C20H23N2O+. The summed E-state index contributed by atoms with van der Waals surface area (Å²) in [5, 5.41) is 0. The van der Waals surface area contributed by atoms with Gasteiger partial charge in [0, 0.05) is 24.2 Å². The van der Waals surface area contributed by atoms with Gasteiger partial charge in [-0.25, -0.2) is 0 Å². The molecule has 23 heavy (non-hydrogen) atoms. The summed E-state index contributed by atoms with van der Waals surface area (Å²) < 4.78 is 0. The molecule has 0 aromatic heterocycles. The lowest BCUT2D eigenvalue weighted by molar-refractivity contribution is -0.929. The molecule has 2 aromatic carbocycles. The van der Waals surface area contributed by atoms with Gasteiger partial charge >= 0.3 is 0 Å². The first-order valence-electron chi connectivity index (χ1n) is 8.54. The van der Waals surface area contributed by atoms with Crippen molar-refractivity contribution in [1.29, 1.82) is 0 Å². The number of hydrogen-bond donors (Lipinski definition) is 1. The molecule has 0 bridgehead atoms. The van der Waals surface area contributed by atoms with E-state index in [9.17, 15) is 4.79 Å². The predicted molar refractivity (Wildman–Crippen MR) is 91.6 cm³/mol.